The normalized spacial score (nSPS) is 11.7. The van der Waals surface area contributed by atoms with Crippen LogP contribution >= 0.6 is 0 Å². The van der Waals surface area contributed by atoms with Crippen molar-refractivity contribution in [2.24, 2.45) is 0 Å². The van der Waals surface area contributed by atoms with Gasteiger partial charge >= 0.3 is 0 Å². The monoisotopic (exact) mass is 322 g/mol. The zero-order valence-corrected chi connectivity index (χ0v) is 12.7. The third-order valence-corrected chi connectivity index (χ3v) is 3.52. The Morgan fingerprint density at radius 3 is 2.33 bits per heavy atom. The maximum atomic E-state index is 13.2. The Labute approximate surface area is 138 Å². The predicted octanol–water partition coefficient (Wildman–Crippen LogP) is 2.72. The zero-order valence-electron chi connectivity index (χ0n) is 12.7. The van der Waals surface area contributed by atoms with Gasteiger partial charge in [-0.2, -0.15) is 0 Å². The molecule has 1 atom stereocenters. The summed E-state index contributed by atoms with van der Waals surface area (Å²) in [7, 11) is 0. The summed E-state index contributed by atoms with van der Waals surface area (Å²) >= 11 is 0. The van der Waals surface area contributed by atoms with E-state index >= 15 is 0 Å². The number of benzene rings is 1. The van der Waals surface area contributed by atoms with Crippen LogP contribution in [0.5, 0.6) is 0 Å². The molecule has 0 radical (unpaired) electrons. The summed E-state index contributed by atoms with van der Waals surface area (Å²) in [6.45, 7) is 0. The quantitative estimate of drug-likeness (QED) is 0.774. The first kappa shape index (κ1) is 15.6. The summed E-state index contributed by atoms with van der Waals surface area (Å²) in [5.74, 6) is -0.436. The maximum absolute atomic E-state index is 13.2. The van der Waals surface area contributed by atoms with Crippen LogP contribution in [-0.4, -0.2) is 15.9 Å². The van der Waals surface area contributed by atoms with Crippen LogP contribution in [0, 0.1) is 5.82 Å². The van der Waals surface area contributed by atoms with E-state index < -0.39 is 6.04 Å². The molecule has 0 aliphatic rings. The number of amides is 1. The number of nitrogens with zero attached hydrogens (tertiary/aromatic N) is 2. The van der Waals surface area contributed by atoms with Crippen molar-refractivity contribution < 1.29 is 9.18 Å². The smallest absolute Gasteiger partial charge is 0.270 e. The molecular weight excluding hydrogens is 307 g/mol. The van der Waals surface area contributed by atoms with E-state index in [1.165, 1.54) is 12.1 Å². The average Bonchev–Trinajstić information content (AvgIpc) is 2.61. The van der Waals surface area contributed by atoms with Crippen LogP contribution in [0.2, 0.25) is 0 Å². The first-order chi connectivity index (χ1) is 11.6. The van der Waals surface area contributed by atoms with Gasteiger partial charge in [-0.1, -0.05) is 18.2 Å². The second-order valence-electron chi connectivity index (χ2n) is 5.19. The molecular formula is C18H15FN4O. The molecule has 120 valence electrons. The largest absolute Gasteiger partial charge is 0.384 e. The van der Waals surface area contributed by atoms with Crippen LogP contribution in [0.3, 0.4) is 0 Å². The molecule has 1 amide bonds. The van der Waals surface area contributed by atoms with Crippen LogP contribution in [-0.2, 0) is 0 Å². The number of halogens is 1. The number of carbonyl (C=O) groups is 1. The molecule has 0 saturated carbocycles. The molecule has 0 fully saturated rings. The summed E-state index contributed by atoms with van der Waals surface area (Å²) in [4.78, 5) is 20.5. The number of nitrogen functional groups attached to an aromatic ring is 1. The van der Waals surface area contributed by atoms with E-state index in [2.05, 4.69) is 15.3 Å². The van der Waals surface area contributed by atoms with Gasteiger partial charge in [0.25, 0.3) is 5.91 Å². The standard InChI is InChI=1S/C18H15FN4O/c19-14-6-4-12(5-7-14)17(13-8-10-21-11-9-13)23-18(24)15-2-1-3-16(20)22-15/h1-11,17H,(H2,20,22)(H,23,24). The number of pyridine rings is 2. The third kappa shape index (κ3) is 3.55. The molecule has 0 bridgehead atoms. The molecule has 3 rings (SSSR count). The van der Waals surface area contributed by atoms with Gasteiger partial charge in [0, 0.05) is 12.4 Å². The van der Waals surface area contributed by atoms with E-state index in [1.54, 1.807) is 54.9 Å². The molecule has 0 aliphatic carbocycles. The molecule has 0 saturated heterocycles. The highest BCUT2D eigenvalue weighted by atomic mass is 19.1. The summed E-state index contributed by atoms with van der Waals surface area (Å²) in [6.07, 6.45) is 3.27. The van der Waals surface area contributed by atoms with E-state index in [9.17, 15) is 9.18 Å². The number of rotatable bonds is 4. The maximum Gasteiger partial charge on any atom is 0.270 e. The van der Waals surface area contributed by atoms with Crippen LogP contribution in [0.15, 0.2) is 67.0 Å². The molecule has 2 heterocycles. The SMILES string of the molecule is Nc1cccc(C(=O)NC(c2ccncc2)c2ccc(F)cc2)n1. The second-order valence-corrected chi connectivity index (χ2v) is 5.19. The van der Waals surface area contributed by atoms with Crippen molar-refractivity contribution in [2.75, 3.05) is 5.73 Å². The summed E-state index contributed by atoms with van der Waals surface area (Å²) < 4.78 is 13.2. The van der Waals surface area contributed by atoms with Crippen LogP contribution in [0.4, 0.5) is 10.2 Å². The van der Waals surface area contributed by atoms with E-state index in [0.29, 0.717) is 0 Å². The fourth-order valence-corrected chi connectivity index (χ4v) is 2.35. The Balaban J connectivity index is 1.93. The van der Waals surface area contributed by atoms with E-state index in [0.717, 1.165) is 11.1 Å². The highest BCUT2D eigenvalue weighted by molar-refractivity contribution is 5.93. The lowest BCUT2D eigenvalue weighted by atomic mass is 9.99. The Kier molecular flexibility index (Phi) is 4.47. The Bertz CT molecular complexity index is 837. The Hall–Kier alpha value is -3.28. The van der Waals surface area contributed by atoms with Crippen LogP contribution in [0.1, 0.15) is 27.7 Å². The van der Waals surface area contributed by atoms with Gasteiger partial charge in [0.2, 0.25) is 0 Å². The lowest BCUT2D eigenvalue weighted by molar-refractivity contribution is 0.0938. The van der Waals surface area contributed by atoms with Crippen LogP contribution < -0.4 is 11.1 Å². The number of nitrogens with one attached hydrogen (secondary N) is 1. The van der Waals surface area contributed by atoms with Gasteiger partial charge in [-0.25, -0.2) is 9.37 Å². The van der Waals surface area contributed by atoms with Crippen molar-refractivity contribution in [3.8, 4) is 0 Å². The number of hydrogen-bond donors (Lipinski definition) is 2. The minimum Gasteiger partial charge on any atom is -0.384 e. The fraction of sp³-hybridized carbons (Fsp3) is 0.0556. The van der Waals surface area contributed by atoms with Gasteiger partial charge in [-0.3, -0.25) is 9.78 Å². The van der Waals surface area contributed by atoms with Crippen molar-refractivity contribution in [1.82, 2.24) is 15.3 Å². The van der Waals surface area contributed by atoms with E-state index in [1.807, 2.05) is 0 Å². The molecule has 1 aromatic carbocycles. The predicted molar refractivity (Wildman–Crippen MR) is 88.6 cm³/mol. The highest BCUT2D eigenvalue weighted by Crippen LogP contribution is 2.22. The van der Waals surface area contributed by atoms with E-state index in [-0.39, 0.29) is 23.2 Å². The Morgan fingerprint density at radius 1 is 1.00 bits per heavy atom. The van der Waals surface area contributed by atoms with Crippen molar-refractivity contribution in [2.45, 2.75) is 6.04 Å². The minimum atomic E-state index is -0.454. The van der Waals surface area contributed by atoms with E-state index in [4.69, 9.17) is 5.73 Å². The summed E-state index contributed by atoms with van der Waals surface area (Å²) in [5, 5.41) is 2.91. The van der Waals surface area contributed by atoms with Crippen LogP contribution in [0.25, 0.3) is 0 Å². The third-order valence-electron chi connectivity index (χ3n) is 3.52. The molecule has 6 heteroatoms. The molecule has 5 nitrogen and oxygen atoms in total. The minimum absolute atomic E-state index is 0.219. The number of anilines is 1. The van der Waals surface area contributed by atoms with Gasteiger partial charge in [-0.15, -0.1) is 0 Å². The number of carbonyl (C=O) groups excluding carboxylic acids is 1. The fourth-order valence-electron chi connectivity index (χ4n) is 2.35. The molecule has 3 aromatic rings. The summed E-state index contributed by atoms with van der Waals surface area (Å²) in [6, 6.07) is 14.0. The average molecular weight is 322 g/mol. The first-order valence-electron chi connectivity index (χ1n) is 7.32. The van der Waals surface area contributed by atoms with Gasteiger partial charge in [0.05, 0.1) is 6.04 Å². The van der Waals surface area contributed by atoms with Crippen molar-refractivity contribution in [3.63, 3.8) is 0 Å². The summed E-state index contributed by atoms with van der Waals surface area (Å²) in [5.41, 5.74) is 7.42. The number of hydrogen-bond acceptors (Lipinski definition) is 4. The van der Waals surface area contributed by atoms with Gasteiger partial charge < -0.3 is 11.1 Å². The number of nitrogens with two attached hydrogens (primary N) is 1. The molecule has 3 N–H and O–H groups in total. The number of aromatic nitrogens is 2. The molecule has 24 heavy (non-hydrogen) atoms. The molecule has 0 spiro atoms. The highest BCUT2D eigenvalue weighted by Gasteiger charge is 2.18. The topological polar surface area (TPSA) is 80.9 Å². The molecule has 1 unspecified atom stereocenters. The molecule has 2 aromatic heterocycles. The lowest BCUT2D eigenvalue weighted by Gasteiger charge is -2.19. The molecule has 0 aliphatic heterocycles. The lowest BCUT2D eigenvalue weighted by Crippen LogP contribution is -2.30. The van der Waals surface area contributed by atoms with Crippen molar-refractivity contribution in [1.29, 1.82) is 0 Å². The van der Waals surface area contributed by atoms with Crippen molar-refractivity contribution in [3.05, 3.63) is 89.6 Å². The zero-order chi connectivity index (χ0) is 16.9. The Morgan fingerprint density at radius 2 is 1.67 bits per heavy atom. The second kappa shape index (κ2) is 6.87. The first-order valence-corrected chi connectivity index (χ1v) is 7.32. The van der Waals surface area contributed by atoms with Crippen molar-refractivity contribution >= 4 is 11.7 Å². The van der Waals surface area contributed by atoms with Gasteiger partial charge in [0.15, 0.2) is 0 Å². The van der Waals surface area contributed by atoms with Gasteiger partial charge in [-0.05, 0) is 47.5 Å². The van der Waals surface area contributed by atoms with Gasteiger partial charge in [0.1, 0.15) is 17.3 Å².